The van der Waals surface area contributed by atoms with Gasteiger partial charge in [0.15, 0.2) is 0 Å². The smallest absolute Gasteiger partial charge is 0.412 e. The maximum Gasteiger partial charge on any atom is 0.412 e. The van der Waals surface area contributed by atoms with Crippen molar-refractivity contribution in [2.75, 3.05) is 38.0 Å². The number of carbonyl (C=O) groups is 1. The topological polar surface area (TPSA) is 53.6 Å². The molecule has 1 amide bonds. The molecule has 1 fully saturated rings. The monoisotopic (exact) mass is 305 g/mol. The van der Waals surface area contributed by atoms with Gasteiger partial charge < -0.3 is 15.0 Å². The summed E-state index contributed by atoms with van der Waals surface area (Å²) in [5.74, 6) is 0. The predicted molar refractivity (Wildman–Crippen MR) is 89.3 cm³/mol. The summed E-state index contributed by atoms with van der Waals surface area (Å²) in [7, 11) is 0. The van der Waals surface area contributed by atoms with E-state index in [0.717, 1.165) is 50.4 Å². The second-order valence-corrected chi connectivity index (χ2v) is 6.63. The summed E-state index contributed by atoms with van der Waals surface area (Å²) in [6.07, 6.45) is 0.522. The van der Waals surface area contributed by atoms with Crippen LogP contribution in [0.4, 0.5) is 10.5 Å². The maximum absolute atomic E-state index is 11.9. The molecule has 1 aromatic rings. The van der Waals surface area contributed by atoms with Gasteiger partial charge in [0.1, 0.15) is 5.60 Å². The van der Waals surface area contributed by atoms with Gasteiger partial charge >= 0.3 is 6.09 Å². The van der Waals surface area contributed by atoms with E-state index in [1.807, 2.05) is 39.0 Å². The molecule has 1 saturated heterocycles. The molecule has 1 aromatic carbocycles. The number of hydrogen-bond donors (Lipinski definition) is 2. The highest BCUT2D eigenvalue weighted by atomic mass is 16.6. The fourth-order valence-corrected chi connectivity index (χ4v) is 2.49. The molecule has 0 atom stereocenters. The fraction of sp³-hybridized carbons (Fsp3) is 0.588. The third-order valence-corrected chi connectivity index (χ3v) is 3.56. The molecule has 1 aliphatic rings. The van der Waals surface area contributed by atoms with Gasteiger partial charge in [0, 0.05) is 38.4 Å². The van der Waals surface area contributed by atoms with E-state index >= 15 is 0 Å². The average molecular weight is 305 g/mol. The van der Waals surface area contributed by atoms with Crippen molar-refractivity contribution in [1.82, 2.24) is 10.2 Å². The quantitative estimate of drug-likeness (QED) is 0.897. The highest BCUT2D eigenvalue weighted by Crippen LogP contribution is 2.18. The molecular weight excluding hydrogens is 278 g/mol. The number of hydrogen-bond acceptors (Lipinski definition) is 4. The van der Waals surface area contributed by atoms with E-state index in [-0.39, 0.29) is 0 Å². The van der Waals surface area contributed by atoms with Crippen LogP contribution in [0.2, 0.25) is 0 Å². The normalized spacial score (nSPS) is 16.3. The highest BCUT2D eigenvalue weighted by Gasteiger charge is 2.17. The summed E-state index contributed by atoms with van der Waals surface area (Å²) in [6, 6.07) is 7.93. The van der Waals surface area contributed by atoms with E-state index in [9.17, 15) is 4.79 Å². The first kappa shape index (κ1) is 16.8. The van der Waals surface area contributed by atoms with Crippen LogP contribution in [0.1, 0.15) is 26.3 Å². The summed E-state index contributed by atoms with van der Waals surface area (Å²) in [6.45, 7) is 10.9. The molecule has 0 bridgehead atoms. The minimum absolute atomic E-state index is 0.401. The van der Waals surface area contributed by atoms with Crippen molar-refractivity contribution in [3.8, 4) is 0 Å². The lowest BCUT2D eigenvalue weighted by molar-refractivity contribution is 0.0636. The summed E-state index contributed by atoms with van der Waals surface area (Å²) < 4.78 is 5.32. The maximum atomic E-state index is 11.9. The van der Waals surface area contributed by atoms with Crippen LogP contribution in [0, 0.1) is 0 Å². The van der Waals surface area contributed by atoms with Gasteiger partial charge in [-0.05, 0) is 38.8 Å². The molecule has 0 radical (unpaired) electrons. The summed E-state index contributed by atoms with van der Waals surface area (Å²) in [5.41, 5.74) is 1.50. The van der Waals surface area contributed by atoms with Crippen LogP contribution in [-0.4, -0.2) is 49.3 Å². The highest BCUT2D eigenvalue weighted by molar-refractivity contribution is 5.85. The van der Waals surface area contributed by atoms with Crippen LogP contribution < -0.4 is 10.6 Å². The van der Waals surface area contributed by atoms with Gasteiger partial charge in [-0.15, -0.1) is 0 Å². The third-order valence-electron chi connectivity index (χ3n) is 3.56. The van der Waals surface area contributed by atoms with E-state index in [1.165, 1.54) is 0 Å². The number of amides is 1. The molecule has 0 saturated carbocycles. The number of rotatable bonds is 4. The van der Waals surface area contributed by atoms with Crippen molar-refractivity contribution in [3.05, 3.63) is 29.8 Å². The van der Waals surface area contributed by atoms with Gasteiger partial charge in [-0.1, -0.05) is 18.2 Å². The lowest BCUT2D eigenvalue weighted by Gasteiger charge is -2.27. The number of ether oxygens (including phenoxy) is 1. The minimum atomic E-state index is -0.486. The lowest BCUT2D eigenvalue weighted by Crippen LogP contribution is -2.44. The van der Waals surface area contributed by atoms with Crippen molar-refractivity contribution < 1.29 is 9.53 Å². The first-order valence-electron chi connectivity index (χ1n) is 7.95. The second kappa shape index (κ2) is 7.61. The molecule has 0 unspecified atom stereocenters. The molecular formula is C17H27N3O2. The van der Waals surface area contributed by atoms with Gasteiger partial charge in [0.25, 0.3) is 0 Å². The Morgan fingerprint density at radius 3 is 2.64 bits per heavy atom. The minimum Gasteiger partial charge on any atom is -0.444 e. The molecule has 0 aliphatic carbocycles. The van der Waals surface area contributed by atoms with Crippen LogP contribution in [-0.2, 0) is 11.2 Å². The Morgan fingerprint density at radius 2 is 1.95 bits per heavy atom. The predicted octanol–water partition coefficient (Wildman–Crippen LogP) is 2.48. The molecule has 0 spiro atoms. The van der Waals surface area contributed by atoms with Crippen molar-refractivity contribution in [3.63, 3.8) is 0 Å². The first-order valence-corrected chi connectivity index (χ1v) is 7.95. The number of para-hydroxylation sites is 1. The molecule has 1 heterocycles. The second-order valence-electron chi connectivity index (χ2n) is 6.63. The Labute approximate surface area is 133 Å². The van der Waals surface area contributed by atoms with Gasteiger partial charge in [-0.3, -0.25) is 5.32 Å². The van der Waals surface area contributed by atoms with Crippen LogP contribution in [0.5, 0.6) is 0 Å². The van der Waals surface area contributed by atoms with Crippen LogP contribution in [0.3, 0.4) is 0 Å². The average Bonchev–Trinajstić information content (AvgIpc) is 2.45. The van der Waals surface area contributed by atoms with E-state index in [2.05, 4.69) is 21.6 Å². The van der Waals surface area contributed by atoms with Gasteiger partial charge in [0.2, 0.25) is 0 Å². The zero-order valence-electron chi connectivity index (χ0n) is 13.8. The van der Waals surface area contributed by atoms with E-state index in [0.29, 0.717) is 0 Å². The Balaban J connectivity index is 1.92. The van der Waals surface area contributed by atoms with Crippen molar-refractivity contribution in [1.29, 1.82) is 0 Å². The first-order chi connectivity index (χ1) is 10.4. The van der Waals surface area contributed by atoms with Gasteiger partial charge in [0.05, 0.1) is 0 Å². The van der Waals surface area contributed by atoms with Crippen molar-refractivity contribution in [2.24, 2.45) is 0 Å². The number of piperazine rings is 1. The molecule has 0 aromatic heterocycles. The van der Waals surface area contributed by atoms with E-state index < -0.39 is 11.7 Å². The molecule has 1 aliphatic heterocycles. The third kappa shape index (κ3) is 5.66. The van der Waals surface area contributed by atoms with E-state index in [4.69, 9.17) is 4.74 Å². The Bertz CT molecular complexity index is 491. The largest absolute Gasteiger partial charge is 0.444 e. The Kier molecular flexibility index (Phi) is 5.80. The van der Waals surface area contributed by atoms with Crippen molar-refractivity contribution in [2.45, 2.75) is 32.8 Å². The molecule has 122 valence electrons. The molecule has 5 heteroatoms. The van der Waals surface area contributed by atoms with Crippen molar-refractivity contribution >= 4 is 11.8 Å². The molecule has 22 heavy (non-hydrogen) atoms. The molecule has 2 rings (SSSR count). The van der Waals surface area contributed by atoms with Crippen LogP contribution in [0.15, 0.2) is 24.3 Å². The summed E-state index contributed by atoms with van der Waals surface area (Å²) in [4.78, 5) is 14.4. The lowest BCUT2D eigenvalue weighted by atomic mass is 10.1. The van der Waals surface area contributed by atoms with Crippen LogP contribution in [0.25, 0.3) is 0 Å². The number of carbonyl (C=O) groups excluding carboxylic acids is 1. The Hall–Kier alpha value is -1.59. The van der Waals surface area contributed by atoms with Gasteiger partial charge in [-0.25, -0.2) is 4.79 Å². The Morgan fingerprint density at radius 1 is 1.27 bits per heavy atom. The number of anilines is 1. The summed E-state index contributed by atoms with van der Waals surface area (Å²) >= 11 is 0. The summed E-state index contributed by atoms with van der Waals surface area (Å²) in [5, 5.41) is 6.22. The van der Waals surface area contributed by atoms with Gasteiger partial charge in [-0.2, -0.15) is 0 Å². The number of nitrogens with one attached hydrogen (secondary N) is 2. The standard InChI is InChI=1S/C17H27N3O2/c1-17(2,3)22-16(21)19-15-7-5-4-6-14(15)8-11-20-12-9-18-10-13-20/h4-7,18H,8-13H2,1-3H3,(H,19,21). The number of nitrogens with zero attached hydrogens (tertiary/aromatic N) is 1. The fourth-order valence-electron chi connectivity index (χ4n) is 2.49. The number of benzene rings is 1. The SMILES string of the molecule is CC(C)(C)OC(=O)Nc1ccccc1CCN1CCNCC1. The molecule has 2 N–H and O–H groups in total. The molecule has 5 nitrogen and oxygen atoms in total. The zero-order valence-corrected chi connectivity index (χ0v) is 13.8. The zero-order chi connectivity index (χ0) is 16.0. The van der Waals surface area contributed by atoms with Crippen LogP contribution >= 0.6 is 0 Å². The van der Waals surface area contributed by atoms with E-state index in [1.54, 1.807) is 0 Å².